The van der Waals surface area contributed by atoms with E-state index in [0.717, 1.165) is 16.5 Å². The summed E-state index contributed by atoms with van der Waals surface area (Å²) in [6.45, 7) is 1.82. The maximum Gasteiger partial charge on any atom is 0.230 e. The van der Waals surface area contributed by atoms with Crippen molar-refractivity contribution in [2.75, 3.05) is 0 Å². The van der Waals surface area contributed by atoms with Gasteiger partial charge in [-0.15, -0.1) is 23.1 Å². The lowest BCUT2D eigenvalue weighted by molar-refractivity contribution is -0.117. The van der Waals surface area contributed by atoms with E-state index in [2.05, 4.69) is 16.4 Å². The molecule has 0 aliphatic carbocycles. The maximum atomic E-state index is 10.9. The summed E-state index contributed by atoms with van der Waals surface area (Å²) in [5.41, 5.74) is 7.38. The lowest BCUT2D eigenvalue weighted by Gasteiger charge is -2.04. The van der Waals surface area contributed by atoms with Gasteiger partial charge >= 0.3 is 0 Å². The molecule has 1 unspecified atom stereocenters. The van der Waals surface area contributed by atoms with Crippen LogP contribution in [0.4, 0.5) is 0 Å². The zero-order valence-corrected chi connectivity index (χ0v) is 11.7. The summed E-state index contributed by atoms with van der Waals surface area (Å²) in [7, 11) is 0. The Hall–Kier alpha value is -0.850. The number of nitrogens with two attached hydrogens (primary N) is 1. The number of nitrogens with zero attached hydrogens (tertiary/aromatic N) is 1. The Morgan fingerprint density at radius 1 is 1.59 bits per heavy atom. The number of carbonyl (C=O) groups excluding carboxylic acids is 1. The van der Waals surface area contributed by atoms with Gasteiger partial charge in [-0.2, -0.15) is 11.3 Å². The summed E-state index contributed by atoms with van der Waals surface area (Å²) >= 11 is 4.82. The smallest absolute Gasteiger partial charge is 0.230 e. The molecule has 2 aromatic heterocycles. The second kappa shape index (κ2) is 5.66. The molecule has 90 valence electrons. The van der Waals surface area contributed by atoms with Crippen molar-refractivity contribution in [2.45, 2.75) is 17.9 Å². The molecule has 2 heterocycles. The number of thiophene rings is 1. The van der Waals surface area contributed by atoms with Gasteiger partial charge in [0.1, 0.15) is 5.01 Å². The number of aromatic nitrogens is 1. The van der Waals surface area contributed by atoms with E-state index in [1.165, 1.54) is 17.3 Å². The third-order valence-electron chi connectivity index (χ3n) is 2.20. The number of hydrogen-bond donors (Lipinski definition) is 1. The Kier molecular flexibility index (Phi) is 4.20. The first kappa shape index (κ1) is 12.6. The molecule has 0 bridgehead atoms. The van der Waals surface area contributed by atoms with E-state index >= 15 is 0 Å². The molecule has 3 nitrogen and oxygen atoms in total. The average molecular weight is 284 g/mol. The molecule has 2 rings (SSSR count). The highest BCUT2D eigenvalue weighted by Crippen LogP contribution is 2.27. The second-order valence-corrected chi connectivity index (χ2v) is 6.48. The highest BCUT2D eigenvalue weighted by Gasteiger charge is 2.11. The monoisotopic (exact) mass is 284 g/mol. The minimum absolute atomic E-state index is 0.165. The van der Waals surface area contributed by atoms with Crippen LogP contribution in [0.5, 0.6) is 0 Å². The standard InChI is InChI=1S/C11H12N2OS3/c1-7(10(12)14)16-5-9-6-17-11(13-9)8-2-3-15-4-8/h2-4,6-7H,5H2,1H3,(H2,12,14). The van der Waals surface area contributed by atoms with E-state index < -0.39 is 0 Å². The van der Waals surface area contributed by atoms with Gasteiger partial charge in [0.25, 0.3) is 0 Å². The van der Waals surface area contributed by atoms with Crippen LogP contribution in [-0.2, 0) is 10.5 Å². The van der Waals surface area contributed by atoms with Crippen molar-refractivity contribution in [2.24, 2.45) is 5.73 Å². The number of rotatable bonds is 5. The van der Waals surface area contributed by atoms with Crippen LogP contribution in [0, 0.1) is 0 Å². The van der Waals surface area contributed by atoms with Gasteiger partial charge in [-0.05, 0) is 18.4 Å². The van der Waals surface area contributed by atoms with Crippen LogP contribution in [0.1, 0.15) is 12.6 Å². The second-order valence-electron chi connectivity index (χ2n) is 3.51. The summed E-state index contributed by atoms with van der Waals surface area (Å²) in [6.07, 6.45) is 0. The molecule has 1 amide bonds. The largest absolute Gasteiger partial charge is 0.369 e. The van der Waals surface area contributed by atoms with E-state index in [4.69, 9.17) is 5.73 Å². The minimum atomic E-state index is -0.275. The lowest BCUT2D eigenvalue weighted by Crippen LogP contribution is -2.22. The first-order valence-electron chi connectivity index (χ1n) is 5.04. The van der Waals surface area contributed by atoms with Crippen molar-refractivity contribution in [3.63, 3.8) is 0 Å². The number of hydrogen-bond acceptors (Lipinski definition) is 5. The Balaban J connectivity index is 1.97. The molecule has 17 heavy (non-hydrogen) atoms. The van der Waals surface area contributed by atoms with E-state index in [-0.39, 0.29) is 11.2 Å². The third-order valence-corrected chi connectivity index (χ3v) is 5.02. The number of primary amides is 1. The average Bonchev–Trinajstić information content (AvgIpc) is 2.95. The molecule has 0 aliphatic heterocycles. The SMILES string of the molecule is CC(SCc1csc(-c2ccsc2)n1)C(N)=O. The van der Waals surface area contributed by atoms with Gasteiger partial charge in [-0.3, -0.25) is 4.79 Å². The quantitative estimate of drug-likeness (QED) is 0.918. The first-order chi connectivity index (χ1) is 8.16. The number of carbonyl (C=O) groups is 1. The normalized spacial score (nSPS) is 12.5. The molecule has 1 atom stereocenters. The summed E-state index contributed by atoms with van der Waals surface area (Å²) in [4.78, 5) is 15.4. The molecular weight excluding hydrogens is 272 g/mol. The van der Waals surface area contributed by atoms with E-state index in [1.807, 2.05) is 17.7 Å². The zero-order valence-electron chi connectivity index (χ0n) is 9.25. The van der Waals surface area contributed by atoms with E-state index in [9.17, 15) is 4.79 Å². The summed E-state index contributed by atoms with van der Waals surface area (Å²) < 4.78 is 0. The molecule has 0 radical (unpaired) electrons. The van der Waals surface area contributed by atoms with Crippen LogP contribution >= 0.6 is 34.4 Å². The number of amides is 1. The van der Waals surface area contributed by atoms with Crippen LogP contribution < -0.4 is 5.73 Å². The minimum Gasteiger partial charge on any atom is -0.369 e. The Morgan fingerprint density at radius 2 is 2.41 bits per heavy atom. The van der Waals surface area contributed by atoms with Crippen LogP contribution in [0.25, 0.3) is 10.6 Å². The van der Waals surface area contributed by atoms with Crippen LogP contribution in [-0.4, -0.2) is 16.1 Å². The highest BCUT2D eigenvalue weighted by molar-refractivity contribution is 7.99. The Bertz CT molecular complexity index is 493. The Morgan fingerprint density at radius 3 is 3.06 bits per heavy atom. The van der Waals surface area contributed by atoms with Crippen molar-refractivity contribution in [3.8, 4) is 10.6 Å². The summed E-state index contributed by atoms with van der Waals surface area (Å²) in [5, 5.41) is 7.03. The van der Waals surface area contributed by atoms with Crippen molar-refractivity contribution < 1.29 is 4.79 Å². The molecule has 0 saturated heterocycles. The van der Waals surface area contributed by atoms with Crippen LogP contribution in [0.15, 0.2) is 22.2 Å². The summed E-state index contributed by atoms with van der Waals surface area (Å²) in [6, 6.07) is 2.06. The Labute approximate surface area is 112 Å². The van der Waals surface area contributed by atoms with Gasteiger partial charge in [0, 0.05) is 22.1 Å². The predicted octanol–water partition coefficient (Wildman–Crippen LogP) is 2.98. The van der Waals surface area contributed by atoms with Gasteiger partial charge in [0.05, 0.1) is 10.9 Å². The third kappa shape index (κ3) is 3.31. The lowest BCUT2D eigenvalue weighted by atomic mass is 10.4. The van der Waals surface area contributed by atoms with Crippen molar-refractivity contribution >= 4 is 40.3 Å². The van der Waals surface area contributed by atoms with Gasteiger partial charge in [0.15, 0.2) is 0 Å². The fourth-order valence-corrected chi connectivity index (χ4v) is 3.55. The number of thiazole rings is 1. The molecule has 6 heteroatoms. The van der Waals surface area contributed by atoms with Crippen LogP contribution in [0.2, 0.25) is 0 Å². The molecule has 0 aliphatic rings. The van der Waals surface area contributed by atoms with Crippen LogP contribution in [0.3, 0.4) is 0 Å². The molecule has 2 aromatic rings. The zero-order chi connectivity index (χ0) is 12.3. The molecule has 2 N–H and O–H groups in total. The molecule has 0 aromatic carbocycles. The van der Waals surface area contributed by atoms with Crippen molar-refractivity contribution in [1.29, 1.82) is 0 Å². The molecular formula is C11H12N2OS3. The van der Waals surface area contributed by atoms with Gasteiger partial charge < -0.3 is 5.73 Å². The van der Waals surface area contributed by atoms with E-state index in [0.29, 0.717) is 0 Å². The fourth-order valence-electron chi connectivity index (χ4n) is 1.18. The van der Waals surface area contributed by atoms with Gasteiger partial charge in [-0.25, -0.2) is 4.98 Å². The highest BCUT2D eigenvalue weighted by atomic mass is 32.2. The maximum absolute atomic E-state index is 10.9. The summed E-state index contributed by atoms with van der Waals surface area (Å²) in [5.74, 6) is 0.452. The number of thioether (sulfide) groups is 1. The van der Waals surface area contributed by atoms with Crippen molar-refractivity contribution in [1.82, 2.24) is 4.98 Å². The van der Waals surface area contributed by atoms with Gasteiger partial charge in [0.2, 0.25) is 5.91 Å². The first-order valence-corrected chi connectivity index (χ1v) is 7.92. The predicted molar refractivity (Wildman–Crippen MR) is 75.4 cm³/mol. The molecule has 0 saturated carbocycles. The molecule has 0 spiro atoms. The van der Waals surface area contributed by atoms with Crippen molar-refractivity contribution in [3.05, 3.63) is 27.9 Å². The van der Waals surface area contributed by atoms with Gasteiger partial charge in [-0.1, -0.05) is 0 Å². The van der Waals surface area contributed by atoms with E-state index in [1.54, 1.807) is 22.7 Å². The molecule has 0 fully saturated rings. The topological polar surface area (TPSA) is 56.0 Å². The fraction of sp³-hybridized carbons (Fsp3) is 0.273.